The number of hydrogen-bond donors (Lipinski definition) is 1. The van der Waals surface area contributed by atoms with E-state index in [4.69, 9.17) is 4.74 Å². The highest BCUT2D eigenvalue weighted by Crippen LogP contribution is 2.28. The summed E-state index contributed by atoms with van der Waals surface area (Å²) in [7, 11) is 0. The molecule has 2 rings (SSSR count). The zero-order chi connectivity index (χ0) is 14.5. The molecule has 0 saturated carbocycles. The molecule has 20 heavy (non-hydrogen) atoms. The minimum absolute atomic E-state index is 0.297. The third-order valence-corrected chi connectivity index (χ3v) is 3.58. The van der Waals surface area contributed by atoms with Crippen molar-refractivity contribution in [2.75, 3.05) is 19.8 Å². The predicted octanol–water partition coefficient (Wildman–Crippen LogP) is 3.06. The van der Waals surface area contributed by atoms with Gasteiger partial charge in [-0.3, -0.25) is 4.98 Å². The number of pyridine rings is 1. The van der Waals surface area contributed by atoms with Crippen molar-refractivity contribution in [1.29, 1.82) is 0 Å². The molecule has 0 bridgehead atoms. The molecule has 112 valence electrons. The van der Waals surface area contributed by atoms with Crippen molar-refractivity contribution in [2.24, 2.45) is 0 Å². The standard InChI is InChI=1S/C15H22F2N2O/c1-10(2)13-4-3-12(11-5-6-20-9-11)14(19-13)7-18-8-15(16)17/h3-4,10-11,15,18H,5-9H2,1-2H3/t11-/m1/s1. The highest BCUT2D eigenvalue weighted by atomic mass is 19.3. The number of halogens is 2. The monoisotopic (exact) mass is 284 g/mol. The zero-order valence-electron chi connectivity index (χ0n) is 12.0. The van der Waals surface area contributed by atoms with Gasteiger partial charge in [-0.05, 0) is 24.0 Å². The number of nitrogens with zero attached hydrogens (tertiary/aromatic N) is 1. The quantitative estimate of drug-likeness (QED) is 0.871. The Hall–Kier alpha value is -1.07. The van der Waals surface area contributed by atoms with E-state index in [1.165, 1.54) is 0 Å². The summed E-state index contributed by atoms with van der Waals surface area (Å²) in [6.07, 6.45) is -1.36. The number of hydrogen-bond acceptors (Lipinski definition) is 3. The van der Waals surface area contributed by atoms with Crippen LogP contribution < -0.4 is 5.32 Å². The number of nitrogens with one attached hydrogen (secondary N) is 1. The highest BCUT2D eigenvalue weighted by Gasteiger charge is 2.22. The summed E-state index contributed by atoms with van der Waals surface area (Å²) in [5.41, 5.74) is 3.02. The topological polar surface area (TPSA) is 34.1 Å². The molecule has 1 atom stereocenters. The summed E-state index contributed by atoms with van der Waals surface area (Å²) in [6, 6.07) is 4.12. The first-order valence-electron chi connectivity index (χ1n) is 7.14. The van der Waals surface area contributed by atoms with Crippen LogP contribution in [0.2, 0.25) is 0 Å². The Morgan fingerprint density at radius 1 is 1.40 bits per heavy atom. The molecule has 2 heterocycles. The largest absolute Gasteiger partial charge is 0.381 e. The Morgan fingerprint density at radius 3 is 2.80 bits per heavy atom. The lowest BCUT2D eigenvalue weighted by Gasteiger charge is -2.16. The maximum absolute atomic E-state index is 12.2. The van der Waals surface area contributed by atoms with E-state index in [0.717, 1.165) is 30.0 Å². The molecule has 0 aromatic carbocycles. The molecule has 1 aliphatic heterocycles. The first-order chi connectivity index (χ1) is 9.58. The molecule has 1 aromatic heterocycles. The van der Waals surface area contributed by atoms with Gasteiger partial charge in [0.1, 0.15) is 0 Å². The van der Waals surface area contributed by atoms with E-state index in [1.807, 2.05) is 6.07 Å². The molecule has 0 radical (unpaired) electrons. The molecule has 0 aliphatic carbocycles. The first kappa shape index (κ1) is 15.3. The van der Waals surface area contributed by atoms with Crippen molar-refractivity contribution in [2.45, 2.75) is 45.1 Å². The molecule has 1 fully saturated rings. The van der Waals surface area contributed by atoms with Gasteiger partial charge in [0.05, 0.1) is 18.8 Å². The summed E-state index contributed by atoms with van der Waals surface area (Å²) >= 11 is 0. The van der Waals surface area contributed by atoms with Crippen LogP contribution in [0.15, 0.2) is 12.1 Å². The van der Waals surface area contributed by atoms with E-state index in [1.54, 1.807) is 0 Å². The predicted molar refractivity (Wildman–Crippen MR) is 74.2 cm³/mol. The van der Waals surface area contributed by atoms with Gasteiger partial charge in [-0.25, -0.2) is 8.78 Å². The number of aromatic nitrogens is 1. The molecule has 1 aromatic rings. The van der Waals surface area contributed by atoms with Crippen LogP contribution in [0.3, 0.4) is 0 Å². The van der Waals surface area contributed by atoms with E-state index >= 15 is 0 Å². The lowest BCUT2D eigenvalue weighted by Crippen LogP contribution is -2.23. The normalized spacial score (nSPS) is 19.2. The second-order valence-electron chi connectivity index (χ2n) is 5.51. The SMILES string of the molecule is CC(C)c1ccc([C@@H]2CCOC2)c(CNCC(F)F)n1. The van der Waals surface area contributed by atoms with Crippen LogP contribution in [-0.2, 0) is 11.3 Å². The van der Waals surface area contributed by atoms with E-state index < -0.39 is 6.43 Å². The third kappa shape index (κ3) is 3.96. The van der Waals surface area contributed by atoms with Crippen molar-refractivity contribution in [3.8, 4) is 0 Å². The minimum atomic E-state index is -2.33. The van der Waals surface area contributed by atoms with Crippen LogP contribution in [0.1, 0.15) is 49.1 Å². The molecule has 5 heteroatoms. The van der Waals surface area contributed by atoms with Gasteiger partial charge in [0.25, 0.3) is 6.43 Å². The van der Waals surface area contributed by atoms with Crippen molar-refractivity contribution in [1.82, 2.24) is 10.3 Å². The van der Waals surface area contributed by atoms with Gasteiger partial charge in [-0.15, -0.1) is 0 Å². The van der Waals surface area contributed by atoms with E-state index in [2.05, 4.69) is 30.2 Å². The molecular weight excluding hydrogens is 262 g/mol. The van der Waals surface area contributed by atoms with Crippen molar-refractivity contribution in [3.05, 3.63) is 29.1 Å². The number of ether oxygens (including phenoxy) is 1. The second kappa shape index (κ2) is 7.09. The molecular formula is C15H22F2N2O. The van der Waals surface area contributed by atoms with E-state index in [0.29, 0.717) is 25.0 Å². The van der Waals surface area contributed by atoms with Gasteiger partial charge >= 0.3 is 0 Å². The summed E-state index contributed by atoms with van der Waals surface area (Å²) in [4.78, 5) is 4.65. The van der Waals surface area contributed by atoms with E-state index in [-0.39, 0.29) is 6.54 Å². The Kier molecular flexibility index (Phi) is 5.43. The fourth-order valence-corrected chi connectivity index (χ4v) is 2.44. The van der Waals surface area contributed by atoms with Crippen LogP contribution in [0.4, 0.5) is 8.78 Å². The summed E-state index contributed by atoms with van der Waals surface area (Å²) in [6.45, 7) is 5.71. The minimum Gasteiger partial charge on any atom is -0.381 e. The molecule has 1 aliphatic rings. The molecule has 0 amide bonds. The highest BCUT2D eigenvalue weighted by molar-refractivity contribution is 5.28. The van der Waals surface area contributed by atoms with Gasteiger partial charge in [0.15, 0.2) is 0 Å². The van der Waals surface area contributed by atoms with Crippen LogP contribution in [0.25, 0.3) is 0 Å². The maximum Gasteiger partial charge on any atom is 0.250 e. The van der Waals surface area contributed by atoms with Crippen LogP contribution >= 0.6 is 0 Å². The fraction of sp³-hybridized carbons (Fsp3) is 0.667. The average Bonchev–Trinajstić information content (AvgIpc) is 2.91. The first-order valence-corrected chi connectivity index (χ1v) is 7.14. The van der Waals surface area contributed by atoms with Crippen molar-refractivity contribution < 1.29 is 13.5 Å². The lowest BCUT2D eigenvalue weighted by atomic mass is 9.95. The van der Waals surface area contributed by atoms with Crippen LogP contribution in [0, 0.1) is 0 Å². The summed E-state index contributed by atoms with van der Waals surface area (Å²) in [5.74, 6) is 0.671. The fourth-order valence-electron chi connectivity index (χ4n) is 2.44. The van der Waals surface area contributed by atoms with Crippen molar-refractivity contribution >= 4 is 0 Å². The molecule has 0 spiro atoms. The Morgan fingerprint density at radius 2 is 2.20 bits per heavy atom. The number of alkyl halides is 2. The third-order valence-electron chi connectivity index (χ3n) is 3.58. The average molecular weight is 284 g/mol. The summed E-state index contributed by atoms with van der Waals surface area (Å²) < 4.78 is 29.9. The molecule has 1 saturated heterocycles. The molecule has 1 N–H and O–H groups in total. The van der Waals surface area contributed by atoms with Crippen molar-refractivity contribution in [3.63, 3.8) is 0 Å². The summed E-state index contributed by atoms with van der Waals surface area (Å²) in [5, 5.41) is 2.78. The molecule has 3 nitrogen and oxygen atoms in total. The smallest absolute Gasteiger partial charge is 0.250 e. The van der Waals surface area contributed by atoms with E-state index in [9.17, 15) is 8.78 Å². The van der Waals surface area contributed by atoms with Crippen LogP contribution in [0.5, 0.6) is 0 Å². The van der Waals surface area contributed by atoms with Gasteiger partial charge in [-0.2, -0.15) is 0 Å². The lowest BCUT2D eigenvalue weighted by molar-refractivity contribution is 0.145. The van der Waals surface area contributed by atoms with Gasteiger partial charge in [-0.1, -0.05) is 19.9 Å². The van der Waals surface area contributed by atoms with Gasteiger partial charge in [0, 0.05) is 24.8 Å². The second-order valence-corrected chi connectivity index (χ2v) is 5.51. The van der Waals surface area contributed by atoms with Gasteiger partial charge < -0.3 is 10.1 Å². The van der Waals surface area contributed by atoms with Crippen LogP contribution in [-0.4, -0.2) is 31.2 Å². The molecule has 0 unspecified atom stereocenters. The maximum atomic E-state index is 12.2. The number of rotatable bonds is 6. The van der Waals surface area contributed by atoms with Gasteiger partial charge in [0.2, 0.25) is 0 Å². The Bertz CT molecular complexity index is 432. The Labute approximate surface area is 118 Å². The Balaban J connectivity index is 2.16. The zero-order valence-corrected chi connectivity index (χ0v) is 12.0.